The highest BCUT2D eigenvalue weighted by atomic mass is 16.1. The highest BCUT2D eigenvalue weighted by Crippen LogP contribution is 2.24. The Bertz CT molecular complexity index is 660. The summed E-state index contributed by atoms with van der Waals surface area (Å²) in [6.07, 6.45) is 1.93. The number of aryl methyl sites for hydroxylation is 1. The molecule has 2 heterocycles. The molecule has 0 amide bonds. The smallest absolute Gasteiger partial charge is 0.194 e. The van der Waals surface area contributed by atoms with Crippen LogP contribution in [0.2, 0.25) is 0 Å². The first-order valence-corrected chi connectivity index (χ1v) is 6.26. The molecule has 0 bridgehead atoms. The summed E-state index contributed by atoms with van der Waals surface area (Å²) < 4.78 is 0. The van der Waals surface area contributed by atoms with Crippen molar-refractivity contribution in [1.82, 2.24) is 4.98 Å². The number of rotatable bonds is 1. The van der Waals surface area contributed by atoms with E-state index in [0.717, 1.165) is 16.8 Å². The zero-order valence-electron chi connectivity index (χ0n) is 10.7. The molecule has 19 heavy (non-hydrogen) atoms. The number of pyridine rings is 1. The number of carbonyl (C=O) groups excluding carboxylic acids is 1. The molecule has 0 aliphatic carbocycles. The SMILES string of the molecule is Cc1ccc2c(n1)NC/C(=C\c1ccccc1)C2=O. The van der Waals surface area contributed by atoms with E-state index in [2.05, 4.69) is 10.3 Å². The van der Waals surface area contributed by atoms with Gasteiger partial charge in [0.25, 0.3) is 0 Å². The average molecular weight is 250 g/mol. The minimum Gasteiger partial charge on any atom is -0.365 e. The van der Waals surface area contributed by atoms with Crippen LogP contribution in [0.5, 0.6) is 0 Å². The van der Waals surface area contributed by atoms with Gasteiger partial charge in [-0.2, -0.15) is 0 Å². The van der Waals surface area contributed by atoms with Crippen molar-refractivity contribution in [2.45, 2.75) is 6.92 Å². The molecule has 0 radical (unpaired) electrons. The molecule has 0 fully saturated rings. The third-order valence-corrected chi connectivity index (χ3v) is 3.16. The number of aromatic nitrogens is 1. The van der Waals surface area contributed by atoms with Gasteiger partial charge < -0.3 is 5.32 Å². The zero-order valence-corrected chi connectivity index (χ0v) is 10.7. The van der Waals surface area contributed by atoms with Crippen LogP contribution in [0.1, 0.15) is 21.6 Å². The highest BCUT2D eigenvalue weighted by molar-refractivity contribution is 6.16. The molecule has 3 rings (SSSR count). The first-order valence-electron chi connectivity index (χ1n) is 6.26. The van der Waals surface area contributed by atoms with Crippen molar-refractivity contribution in [3.8, 4) is 0 Å². The van der Waals surface area contributed by atoms with E-state index in [-0.39, 0.29) is 5.78 Å². The number of fused-ring (bicyclic) bond motifs is 1. The van der Waals surface area contributed by atoms with Crippen molar-refractivity contribution < 1.29 is 4.79 Å². The van der Waals surface area contributed by atoms with Crippen LogP contribution in [0.4, 0.5) is 5.82 Å². The molecular formula is C16H14N2O. The van der Waals surface area contributed by atoms with E-state index in [1.165, 1.54) is 0 Å². The lowest BCUT2D eigenvalue weighted by atomic mass is 9.98. The normalized spacial score (nSPS) is 16.1. The lowest BCUT2D eigenvalue weighted by Gasteiger charge is -2.18. The molecule has 0 saturated carbocycles. The van der Waals surface area contributed by atoms with Crippen molar-refractivity contribution in [3.05, 3.63) is 64.9 Å². The van der Waals surface area contributed by atoms with Gasteiger partial charge in [0.05, 0.1) is 5.56 Å². The zero-order chi connectivity index (χ0) is 13.2. The minimum atomic E-state index is 0.0603. The van der Waals surface area contributed by atoms with Gasteiger partial charge in [-0.15, -0.1) is 0 Å². The van der Waals surface area contributed by atoms with E-state index < -0.39 is 0 Å². The first-order chi connectivity index (χ1) is 9.24. The van der Waals surface area contributed by atoms with Gasteiger partial charge in [-0.3, -0.25) is 4.79 Å². The summed E-state index contributed by atoms with van der Waals surface area (Å²) in [5.41, 5.74) is 3.37. The number of nitrogens with zero attached hydrogens (tertiary/aromatic N) is 1. The van der Waals surface area contributed by atoms with Crippen LogP contribution >= 0.6 is 0 Å². The third kappa shape index (κ3) is 2.27. The molecule has 1 N–H and O–H groups in total. The van der Waals surface area contributed by atoms with Crippen LogP contribution in [0.25, 0.3) is 6.08 Å². The Labute approximate surface area is 112 Å². The molecule has 0 spiro atoms. The van der Waals surface area contributed by atoms with E-state index in [9.17, 15) is 4.79 Å². The number of carbonyl (C=O) groups is 1. The van der Waals surface area contributed by atoms with Gasteiger partial charge in [0.1, 0.15) is 5.82 Å². The number of anilines is 1. The summed E-state index contributed by atoms with van der Waals surface area (Å²) in [5, 5.41) is 3.20. The van der Waals surface area contributed by atoms with E-state index in [0.29, 0.717) is 17.9 Å². The third-order valence-electron chi connectivity index (χ3n) is 3.16. The second kappa shape index (κ2) is 4.69. The molecule has 1 aromatic carbocycles. The maximum Gasteiger partial charge on any atom is 0.194 e. The summed E-state index contributed by atoms with van der Waals surface area (Å²) in [7, 11) is 0. The van der Waals surface area contributed by atoms with Gasteiger partial charge in [-0.1, -0.05) is 30.3 Å². The molecule has 3 heteroatoms. The minimum absolute atomic E-state index is 0.0603. The van der Waals surface area contributed by atoms with Gasteiger partial charge in [-0.05, 0) is 30.7 Å². The Kier molecular flexibility index (Phi) is 2.88. The van der Waals surface area contributed by atoms with Gasteiger partial charge in [0.15, 0.2) is 5.78 Å². The number of hydrogen-bond donors (Lipinski definition) is 1. The van der Waals surface area contributed by atoms with Gasteiger partial charge in [0, 0.05) is 17.8 Å². The maximum atomic E-state index is 12.4. The van der Waals surface area contributed by atoms with Crippen LogP contribution in [-0.2, 0) is 0 Å². The summed E-state index contributed by atoms with van der Waals surface area (Å²) in [5.74, 6) is 0.750. The molecule has 0 atom stereocenters. The lowest BCUT2D eigenvalue weighted by molar-refractivity contribution is 0.103. The molecule has 1 aromatic heterocycles. The van der Waals surface area contributed by atoms with E-state index in [4.69, 9.17) is 0 Å². The number of Topliss-reactive ketones (excluding diaryl/α,β-unsaturated/α-hetero) is 1. The predicted octanol–water partition coefficient (Wildman–Crippen LogP) is 3.08. The Morgan fingerprint density at radius 3 is 2.74 bits per heavy atom. The van der Waals surface area contributed by atoms with Crippen LogP contribution in [0.3, 0.4) is 0 Å². The second-order valence-corrected chi connectivity index (χ2v) is 4.61. The summed E-state index contributed by atoms with van der Waals surface area (Å²) in [4.78, 5) is 16.7. The standard InChI is InChI=1S/C16H14N2O/c1-11-7-8-14-15(19)13(10-17-16(14)18-11)9-12-5-3-2-4-6-12/h2-9H,10H2,1H3,(H,17,18)/b13-9+. The Hall–Kier alpha value is -2.42. The van der Waals surface area contributed by atoms with Gasteiger partial charge in [-0.25, -0.2) is 4.98 Å². The van der Waals surface area contributed by atoms with Gasteiger partial charge in [0.2, 0.25) is 0 Å². The molecule has 1 aliphatic heterocycles. The quantitative estimate of drug-likeness (QED) is 0.791. The van der Waals surface area contributed by atoms with Crippen molar-refractivity contribution in [2.24, 2.45) is 0 Å². The van der Waals surface area contributed by atoms with Crippen molar-refractivity contribution in [3.63, 3.8) is 0 Å². The second-order valence-electron chi connectivity index (χ2n) is 4.61. The highest BCUT2D eigenvalue weighted by Gasteiger charge is 2.22. The van der Waals surface area contributed by atoms with E-state index in [1.807, 2.05) is 55.5 Å². The first kappa shape index (κ1) is 11.7. The maximum absolute atomic E-state index is 12.4. The number of ketones is 1. The summed E-state index contributed by atoms with van der Waals surface area (Å²) >= 11 is 0. The molecule has 2 aromatic rings. The van der Waals surface area contributed by atoms with Crippen molar-refractivity contribution in [1.29, 1.82) is 0 Å². The Morgan fingerprint density at radius 2 is 1.95 bits per heavy atom. The number of benzene rings is 1. The predicted molar refractivity (Wildman–Crippen MR) is 76.2 cm³/mol. The van der Waals surface area contributed by atoms with E-state index in [1.54, 1.807) is 0 Å². The van der Waals surface area contributed by atoms with Gasteiger partial charge >= 0.3 is 0 Å². The molecular weight excluding hydrogens is 236 g/mol. The molecule has 94 valence electrons. The Morgan fingerprint density at radius 1 is 1.16 bits per heavy atom. The molecule has 0 unspecified atom stereocenters. The van der Waals surface area contributed by atoms with Crippen molar-refractivity contribution >= 4 is 17.7 Å². The van der Waals surface area contributed by atoms with E-state index >= 15 is 0 Å². The largest absolute Gasteiger partial charge is 0.365 e. The Balaban J connectivity index is 1.98. The average Bonchev–Trinajstić information content (AvgIpc) is 2.43. The lowest BCUT2D eigenvalue weighted by Crippen LogP contribution is -2.22. The summed E-state index contributed by atoms with van der Waals surface area (Å²) in [6, 6.07) is 13.6. The van der Waals surface area contributed by atoms with Crippen LogP contribution in [-0.4, -0.2) is 17.3 Å². The monoisotopic (exact) mass is 250 g/mol. The van der Waals surface area contributed by atoms with Crippen molar-refractivity contribution in [2.75, 3.05) is 11.9 Å². The van der Waals surface area contributed by atoms with Crippen LogP contribution < -0.4 is 5.32 Å². The van der Waals surface area contributed by atoms with Crippen LogP contribution in [0, 0.1) is 6.92 Å². The number of hydrogen-bond acceptors (Lipinski definition) is 3. The number of nitrogens with one attached hydrogen (secondary N) is 1. The molecule has 0 saturated heterocycles. The van der Waals surface area contributed by atoms with Crippen LogP contribution in [0.15, 0.2) is 48.0 Å². The molecule has 1 aliphatic rings. The fourth-order valence-corrected chi connectivity index (χ4v) is 2.17. The fourth-order valence-electron chi connectivity index (χ4n) is 2.17. The topological polar surface area (TPSA) is 42.0 Å². The molecule has 3 nitrogen and oxygen atoms in total. The fraction of sp³-hybridized carbons (Fsp3) is 0.125. The summed E-state index contributed by atoms with van der Waals surface area (Å²) in [6.45, 7) is 2.44.